The van der Waals surface area contributed by atoms with Crippen molar-refractivity contribution >= 4 is 11.6 Å². The van der Waals surface area contributed by atoms with Crippen molar-refractivity contribution in [3.05, 3.63) is 53.6 Å². The summed E-state index contributed by atoms with van der Waals surface area (Å²) in [7, 11) is 2.97. The first-order valence-corrected chi connectivity index (χ1v) is 7.01. The first kappa shape index (κ1) is 17.7. The van der Waals surface area contributed by atoms with Crippen LogP contribution in [0.5, 0.6) is 11.5 Å². The molecule has 2 aromatic carbocycles. The zero-order valence-corrected chi connectivity index (χ0v) is 13.1. The summed E-state index contributed by atoms with van der Waals surface area (Å²) in [5, 5.41) is 2.46. The molecule has 0 heterocycles. The topological polar surface area (TPSA) is 47.6 Å². The van der Waals surface area contributed by atoms with E-state index in [1.54, 1.807) is 18.2 Å². The first-order chi connectivity index (χ1) is 11.3. The van der Waals surface area contributed by atoms with Crippen LogP contribution < -0.4 is 14.8 Å². The molecule has 0 bridgehead atoms. The Morgan fingerprint density at radius 2 is 1.75 bits per heavy atom. The van der Waals surface area contributed by atoms with Gasteiger partial charge in [-0.2, -0.15) is 13.2 Å². The Morgan fingerprint density at radius 3 is 2.38 bits per heavy atom. The molecular formula is C17H16F3NO3. The molecule has 0 aliphatic heterocycles. The van der Waals surface area contributed by atoms with E-state index in [9.17, 15) is 18.0 Å². The van der Waals surface area contributed by atoms with E-state index in [1.807, 2.05) is 0 Å². The molecule has 0 spiro atoms. The van der Waals surface area contributed by atoms with Gasteiger partial charge in [-0.1, -0.05) is 12.1 Å². The molecule has 4 nitrogen and oxygen atoms in total. The molecule has 0 aliphatic rings. The highest BCUT2D eigenvalue weighted by Crippen LogP contribution is 2.31. The Kier molecular flexibility index (Phi) is 5.33. The number of anilines is 1. The summed E-state index contributed by atoms with van der Waals surface area (Å²) >= 11 is 0. The lowest BCUT2D eigenvalue weighted by Gasteiger charge is -2.11. The van der Waals surface area contributed by atoms with Gasteiger partial charge in [0.05, 0.1) is 26.2 Å². The number of ether oxygens (including phenoxy) is 2. The fourth-order valence-electron chi connectivity index (χ4n) is 2.15. The third-order valence-corrected chi connectivity index (χ3v) is 3.29. The van der Waals surface area contributed by atoms with E-state index < -0.39 is 17.6 Å². The summed E-state index contributed by atoms with van der Waals surface area (Å²) in [5.74, 6) is 0.572. The highest BCUT2D eigenvalue weighted by molar-refractivity contribution is 5.92. The second-order valence-electron chi connectivity index (χ2n) is 4.99. The number of nitrogens with one attached hydrogen (secondary N) is 1. The number of methoxy groups -OCH3 is 2. The van der Waals surface area contributed by atoms with Gasteiger partial charge in [0.25, 0.3) is 0 Å². The van der Waals surface area contributed by atoms with Crippen LogP contribution in [0.1, 0.15) is 11.1 Å². The maximum absolute atomic E-state index is 12.7. The van der Waals surface area contributed by atoms with Crippen molar-refractivity contribution < 1.29 is 27.4 Å². The standard InChI is InChI=1S/C17H16F3NO3/c1-23-14-7-6-11(8-15(14)24-2)9-16(22)21-13-5-3-4-12(10-13)17(18,19)20/h3-8,10H,9H2,1-2H3,(H,21,22). The molecule has 0 saturated heterocycles. The van der Waals surface area contributed by atoms with Crippen LogP contribution in [0.4, 0.5) is 18.9 Å². The maximum atomic E-state index is 12.7. The van der Waals surface area contributed by atoms with Crippen LogP contribution in [0.2, 0.25) is 0 Å². The monoisotopic (exact) mass is 339 g/mol. The smallest absolute Gasteiger partial charge is 0.416 e. The van der Waals surface area contributed by atoms with Crippen LogP contribution in [-0.2, 0) is 17.4 Å². The second kappa shape index (κ2) is 7.25. The zero-order chi connectivity index (χ0) is 17.7. The second-order valence-corrected chi connectivity index (χ2v) is 4.99. The maximum Gasteiger partial charge on any atom is 0.416 e. The number of hydrogen-bond acceptors (Lipinski definition) is 3. The molecule has 1 N–H and O–H groups in total. The van der Waals surface area contributed by atoms with Crippen LogP contribution in [0, 0.1) is 0 Å². The van der Waals surface area contributed by atoms with E-state index in [1.165, 1.54) is 26.4 Å². The van der Waals surface area contributed by atoms with Crippen molar-refractivity contribution in [3.8, 4) is 11.5 Å². The molecule has 0 aromatic heterocycles. The van der Waals surface area contributed by atoms with Crippen molar-refractivity contribution in [2.45, 2.75) is 12.6 Å². The van der Waals surface area contributed by atoms with Crippen LogP contribution in [-0.4, -0.2) is 20.1 Å². The molecule has 2 aromatic rings. The summed E-state index contributed by atoms with van der Waals surface area (Å²) in [6.07, 6.45) is -4.46. The predicted molar refractivity (Wildman–Crippen MR) is 83.3 cm³/mol. The summed E-state index contributed by atoms with van der Waals surface area (Å²) in [5.41, 5.74) is -0.0705. The van der Waals surface area contributed by atoms with E-state index in [2.05, 4.69) is 5.32 Å². The molecule has 0 atom stereocenters. The molecule has 24 heavy (non-hydrogen) atoms. The van der Waals surface area contributed by atoms with Gasteiger partial charge in [0.2, 0.25) is 5.91 Å². The van der Waals surface area contributed by atoms with Gasteiger partial charge in [-0.25, -0.2) is 0 Å². The average molecular weight is 339 g/mol. The molecule has 0 fully saturated rings. The molecule has 2 rings (SSSR count). The van der Waals surface area contributed by atoms with Crippen molar-refractivity contribution in [1.82, 2.24) is 0 Å². The third kappa shape index (κ3) is 4.41. The Bertz CT molecular complexity index is 729. The van der Waals surface area contributed by atoms with Gasteiger partial charge >= 0.3 is 6.18 Å². The summed E-state index contributed by atoms with van der Waals surface area (Å²) in [6.45, 7) is 0. The number of alkyl halides is 3. The van der Waals surface area contributed by atoms with Crippen molar-refractivity contribution in [2.75, 3.05) is 19.5 Å². The Balaban J connectivity index is 2.09. The number of carbonyl (C=O) groups is 1. The van der Waals surface area contributed by atoms with Crippen LogP contribution >= 0.6 is 0 Å². The average Bonchev–Trinajstić information content (AvgIpc) is 2.54. The Morgan fingerprint density at radius 1 is 1.04 bits per heavy atom. The number of carbonyl (C=O) groups excluding carboxylic acids is 1. The third-order valence-electron chi connectivity index (χ3n) is 3.29. The minimum absolute atomic E-state index is 0.00337. The molecular weight excluding hydrogens is 323 g/mol. The quantitative estimate of drug-likeness (QED) is 0.899. The zero-order valence-electron chi connectivity index (χ0n) is 13.1. The van der Waals surface area contributed by atoms with E-state index in [4.69, 9.17) is 9.47 Å². The first-order valence-electron chi connectivity index (χ1n) is 7.01. The molecule has 0 aliphatic carbocycles. The van der Waals surface area contributed by atoms with Crippen LogP contribution in [0.15, 0.2) is 42.5 Å². The van der Waals surface area contributed by atoms with Gasteiger partial charge in [-0.3, -0.25) is 4.79 Å². The van der Waals surface area contributed by atoms with Crippen molar-refractivity contribution in [3.63, 3.8) is 0 Å². The van der Waals surface area contributed by atoms with Crippen LogP contribution in [0.3, 0.4) is 0 Å². The highest BCUT2D eigenvalue weighted by atomic mass is 19.4. The van der Waals surface area contributed by atoms with Gasteiger partial charge in [0, 0.05) is 5.69 Å². The summed E-state index contributed by atoms with van der Waals surface area (Å²) < 4.78 is 48.3. The van der Waals surface area contributed by atoms with Gasteiger partial charge < -0.3 is 14.8 Å². The van der Waals surface area contributed by atoms with E-state index in [-0.39, 0.29) is 12.1 Å². The Hall–Kier alpha value is -2.70. The SMILES string of the molecule is COc1ccc(CC(=O)Nc2cccc(C(F)(F)F)c2)cc1OC. The van der Waals surface area contributed by atoms with Gasteiger partial charge in [0.15, 0.2) is 11.5 Å². The molecule has 0 unspecified atom stereocenters. The molecule has 0 saturated carbocycles. The normalized spacial score (nSPS) is 11.0. The lowest BCUT2D eigenvalue weighted by molar-refractivity contribution is -0.137. The number of halogens is 3. The molecule has 7 heteroatoms. The Labute approximate surface area is 137 Å². The van der Waals surface area contributed by atoms with E-state index >= 15 is 0 Å². The van der Waals surface area contributed by atoms with E-state index in [0.717, 1.165) is 12.1 Å². The predicted octanol–water partition coefficient (Wildman–Crippen LogP) is 3.90. The molecule has 128 valence electrons. The lowest BCUT2D eigenvalue weighted by atomic mass is 10.1. The fraction of sp³-hybridized carbons (Fsp3) is 0.235. The highest BCUT2D eigenvalue weighted by Gasteiger charge is 2.30. The fourth-order valence-corrected chi connectivity index (χ4v) is 2.15. The minimum Gasteiger partial charge on any atom is -0.493 e. The number of hydrogen-bond donors (Lipinski definition) is 1. The summed E-state index contributed by atoms with van der Waals surface area (Å²) in [6, 6.07) is 9.48. The molecule has 1 amide bonds. The minimum atomic E-state index is -4.45. The summed E-state index contributed by atoms with van der Waals surface area (Å²) in [4.78, 5) is 12.0. The van der Waals surface area contributed by atoms with Gasteiger partial charge in [-0.15, -0.1) is 0 Å². The van der Waals surface area contributed by atoms with Crippen molar-refractivity contribution in [1.29, 1.82) is 0 Å². The van der Waals surface area contributed by atoms with Gasteiger partial charge in [-0.05, 0) is 35.9 Å². The lowest BCUT2D eigenvalue weighted by Crippen LogP contribution is -2.15. The largest absolute Gasteiger partial charge is 0.493 e. The van der Waals surface area contributed by atoms with Crippen LogP contribution in [0.25, 0.3) is 0 Å². The van der Waals surface area contributed by atoms with E-state index in [0.29, 0.717) is 17.1 Å². The number of amides is 1. The van der Waals surface area contributed by atoms with Crippen molar-refractivity contribution in [2.24, 2.45) is 0 Å². The molecule has 0 radical (unpaired) electrons. The van der Waals surface area contributed by atoms with Gasteiger partial charge in [0.1, 0.15) is 0 Å². The number of rotatable bonds is 5. The number of benzene rings is 2.